The van der Waals surface area contributed by atoms with Crippen molar-refractivity contribution >= 4 is 11.9 Å². The van der Waals surface area contributed by atoms with Gasteiger partial charge in [0.15, 0.2) is 11.6 Å². The van der Waals surface area contributed by atoms with Gasteiger partial charge in [-0.25, -0.2) is 9.18 Å². The average molecular weight is 385 g/mol. The number of nitrogens with zero attached hydrogens (tertiary/aromatic N) is 1. The van der Waals surface area contributed by atoms with Gasteiger partial charge in [0, 0.05) is 24.7 Å². The van der Waals surface area contributed by atoms with Crippen molar-refractivity contribution in [2.45, 2.75) is 18.9 Å². The van der Waals surface area contributed by atoms with E-state index in [1.165, 1.54) is 6.07 Å². The van der Waals surface area contributed by atoms with Crippen LogP contribution in [-0.4, -0.2) is 49.1 Å². The number of ether oxygens (including phenoxy) is 1. The van der Waals surface area contributed by atoms with Crippen LogP contribution in [0.4, 0.5) is 9.18 Å². The standard InChI is InChI=1S/C21H24FN3O3/c22-18-8-4-5-9-19(18)28-15-12-23-21(27)25-13-10-17(11-14-25)24-20(26)16-6-2-1-3-7-16/h1-9,17H,10-15H2,(H,23,27)(H,24,26). The molecule has 1 fully saturated rings. The Morgan fingerprint density at radius 2 is 1.71 bits per heavy atom. The van der Waals surface area contributed by atoms with Crippen molar-refractivity contribution in [1.29, 1.82) is 0 Å². The van der Waals surface area contributed by atoms with E-state index in [0.717, 1.165) is 0 Å². The van der Waals surface area contributed by atoms with Gasteiger partial charge in [-0.05, 0) is 37.1 Å². The molecule has 2 aromatic rings. The molecule has 2 N–H and O–H groups in total. The number of para-hydroxylation sites is 1. The SMILES string of the molecule is O=C(NC1CCN(C(=O)NCCOc2ccccc2F)CC1)c1ccccc1. The van der Waals surface area contributed by atoms with E-state index in [-0.39, 0.29) is 36.9 Å². The molecule has 1 heterocycles. The first-order valence-electron chi connectivity index (χ1n) is 9.39. The van der Waals surface area contributed by atoms with Crippen molar-refractivity contribution in [2.24, 2.45) is 0 Å². The number of carbonyl (C=O) groups is 2. The van der Waals surface area contributed by atoms with E-state index in [2.05, 4.69) is 10.6 Å². The van der Waals surface area contributed by atoms with Crippen LogP contribution in [0.3, 0.4) is 0 Å². The first kappa shape index (κ1) is 19.7. The quantitative estimate of drug-likeness (QED) is 0.752. The topological polar surface area (TPSA) is 70.7 Å². The number of hydrogen-bond acceptors (Lipinski definition) is 3. The van der Waals surface area contributed by atoms with Crippen LogP contribution in [0, 0.1) is 5.82 Å². The molecule has 1 saturated heterocycles. The highest BCUT2D eigenvalue weighted by atomic mass is 19.1. The van der Waals surface area contributed by atoms with E-state index in [1.807, 2.05) is 18.2 Å². The van der Waals surface area contributed by atoms with Crippen LogP contribution in [-0.2, 0) is 0 Å². The Hall–Kier alpha value is -3.09. The molecule has 0 spiro atoms. The summed E-state index contributed by atoms with van der Waals surface area (Å²) in [5.74, 6) is -0.339. The normalized spacial score (nSPS) is 14.4. The summed E-state index contributed by atoms with van der Waals surface area (Å²) in [6.07, 6.45) is 1.41. The van der Waals surface area contributed by atoms with Gasteiger partial charge < -0.3 is 20.3 Å². The lowest BCUT2D eigenvalue weighted by Crippen LogP contribution is -2.49. The Morgan fingerprint density at radius 1 is 1.04 bits per heavy atom. The van der Waals surface area contributed by atoms with Gasteiger partial charge in [-0.3, -0.25) is 4.79 Å². The van der Waals surface area contributed by atoms with Crippen molar-refractivity contribution in [3.8, 4) is 5.75 Å². The van der Waals surface area contributed by atoms with Gasteiger partial charge in [0.2, 0.25) is 0 Å². The summed E-state index contributed by atoms with van der Waals surface area (Å²) >= 11 is 0. The molecule has 0 saturated carbocycles. The van der Waals surface area contributed by atoms with Crippen LogP contribution in [0.15, 0.2) is 54.6 Å². The largest absolute Gasteiger partial charge is 0.489 e. The van der Waals surface area contributed by atoms with E-state index in [9.17, 15) is 14.0 Å². The van der Waals surface area contributed by atoms with Crippen LogP contribution >= 0.6 is 0 Å². The summed E-state index contributed by atoms with van der Waals surface area (Å²) < 4.78 is 18.8. The summed E-state index contributed by atoms with van der Waals surface area (Å²) in [7, 11) is 0. The van der Waals surface area contributed by atoms with E-state index in [1.54, 1.807) is 35.2 Å². The maximum Gasteiger partial charge on any atom is 0.317 e. The highest BCUT2D eigenvalue weighted by molar-refractivity contribution is 5.94. The molecule has 6 nitrogen and oxygen atoms in total. The zero-order valence-electron chi connectivity index (χ0n) is 15.6. The third-order valence-corrected chi connectivity index (χ3v) is 4.63. The van der Waals surface area contributed by atoms with Gasteiger partial charge in [-0.2, -0.15) is 0 Å². The van der Waals surface area contributed by atoms with E-state index in [4.69, 9.17) is 4.74 Å². The number of amides is 3. The lowest BCUT2D eigenvalue weighted by Gasteiger charge is -2.32. The number of nitrogens with one attached hydrogen (secondary N) is 2. The molecule has 0 radical (unpaired) electrons. The molecular weight excluding hydrogens is 361 g/mol. The second kappa shape index (κ2) is 9.73. The lowest BCUT2D eigenvalue weighted by molar-refractivity contribution is 0.0917. The van der Waals surface area contributed by atoms with E-state index < -0.39 is 5.82 Å². The van der Waals surface area contributed by atoms with Gasteiger partial charge in [0.1, 0.15) is 6.61 Å². The molecule has 1 aliphatic heterocycles. The summed E-state index contributed by atoms with van der Waals surface area (Å²) in [6.45, 7) is 1.62. The Morgan fingerprint density at radius 3 is 2.43 bits per heavy atom. The molecule has 0 unspecified atom stereocenters. The molecule has 7 heteroatoms. The van der Waals surface area contributed by atoms with Crippen LogP contribution in [0.1, 0.15) is 23.2 Å². The first-order valence-corrected chi connectivity index (χ1v) is 9.39. The van der Waals surface area contributed by atoms with Gasteiger partial charge >= 0.3 is 6.03 Å². The third-order valence-electron chi connectivity index (χ3n) is 4.63. The van der Waals surface area contributed by atoms with Crippen LogP contribution < -0.4 is 15.4 Å². The van der Waals surface area contributed by atoms with Gasteiger partial charge in [0.05, 0.1) is 6.54 Å². The molecule has 0 bridgehead atoms. The Balaban J connectivity index is 1.34. The van der Waals surface area contributed by atoms with Gasteiger partial charge in [-0.1, -0.05) is 30.3 Å². The highest BCUT2D eigenvalue weighted by Crippen LogP contribution is 2.15. The zero-order valence-corrected chi connectivity index (χ0v) is 15.6. The second-order valence-electron chi connectivity index (χ2n) is 6.61. The fourth-order valence-electron chi connectivity index (χ4n) is 3.08. The van der Waals surface area contributed by atoms with Gasteiger partial charge in [-0.15, -0.1) is 0 Å². The minimum atomic E-state index is -0.423. The Kier molecular flexibility index (Phi) is 6.84. The molecular formula is C21H24FN3O3. The van der Waals surface area contributed by atoms with Crippen LogP contribution in [0.5, 0.6) is 5.75 Å². The molecule has 0 aliphatic carbocycles. The summed E-state index contributed by atoms with van der Waals surface area (Å²) in [6, 6.07) is 15.1. The molecule has 28 heavy (non-hydrogen) atoms. The molecule has 1 aliphatic rings. The maximum absolute atomic E-state index is 13.5. The zero-order chi connectivity index (χ0) is 19.8. The minimum absolute atomic E-state index is 0.0566. The fraction of sp³-hybridized carbons (Fsp3) is 0.333. The smallest absolute Gasteiger partial charge is 0.317 e. The first-order chi connectivity index (χ1) is 13.6. The van der Waals surface area contributed by atoms with Crippen molar-refractivity contribution < 1.29 is 18.7 Å². The monoisotopic (exact) mass is 385 g/mol. The fourth-order valence-corrected chi connectivity index (χ4v) is 3.08. The summed E-state index contributed by atoms with van der Waals surface area (Å²) in [5.41, 5.74) is 0.637. The predicted octanol–water partition coefficient (Wildman–Crippen LogP) is 2.81. The van der Waals surface area contributed by atoms with Crippen LogP contribution in [0.2, 0.25) is 0 Å². The van der Waals surface area contributed by atoms with E-state index in [0.29, 0.717) is 31.5 Å². The highest BCUT2D eigenvalue weighted by Gasteiger charge is 2.23. The molecule has 3 amide bonds. The number of likely N-dealkylation sites (tertiary alicyclic amines) is 1. The molecule has 148 valence electrons. The molecule has 2 aromatic carbocycles. The molecule has 0 atom stereocenters. The average Bonchev–Trinajstić information content (AvgIpc) is 2.73. The molecule has 0 aromatic heterocycles. The predicted molar refractivity (Wildman–Crippen MR) is 104 cm³/mol. The number of benzene rings is 2. The number of rotatable bonds is 6. The number of halogens is 1. The summed E-state index contributed by atoms with van der Waals surface area (Å²) in [4.78, 5) is 26.1. The van der Waals surface area contributed by atoms with Crippen LogP contribution in [0.25, 0.3) is 0 Å². The Labute approximate surface area is 163 Å². The molecule has 3 rings (SSSR count). The number of piperidine rings is 1. The number of urea groups is 1. The van der Waals surface area contributed by atoms with E-state index >= 15 is 0 Å². The lowest BCUT2D eigenvalue weighted by atomic mass is 10.0. The van der Waals surface area contributed by atoms with Crippen molar-refractivity contribution in [1.82, 2.24) is 15.5 Å². The number of hydrogen-bond donors (Lipinski definition) is 2. The summed E-state index contributed by atoms with van der Waals surface area (Å²) in [5, 5.41) is 5.79. The van der Waals surface area contributed by atoms with Gasteiger partial charge in [0.25, 0.3) is 5.91 Å². The van der Waals surface area contributed by atoms with Crippen molar-refractivity contribution in [3.05, 3.63) is 66.0 Å². The van der Waals surface area contributed by atoms with Crippen molar-refractivity contribution in [3.63, 3.8) is 0 Å². The Bertz CT molecular complexity index is 792. The van der Waals surface area contributed by atoms with Crippen molar-refractivity contribution in [2.75, 3.05) is 26.2 Å². The third kappa shape index (κ3) is 5.45. The maximum atomic E-state index is 13.5. The second-order valence-corrected chi connectivity index (χ2v) is 6.61. The number of carbonyl (C=O) groups excluding carboxylic acids is 2. The minimum Gasteiger partial charge on any atom is -0.489 e.